The average Bonchev–Trinajstić information content (AvgIpc) is 2.61. The second kappa shape index (κ2) is 7.41. The summed E-state index contributed by atoms with van der Waals surface area (Å²) in [6.45, 7) is 0.554. The highest BCUT2D eigenvalue weighted by Crippen LogP contribution is 2.19. The SMILES string of the molecule is CN(Cc1ccccc1Br)C(=O)/C=C/c1cccc2cccnc12. The second-order valence-corrected chi connectivity index (χ2v) is 6.40. The number of aromatic nitrogens is 1. The van der Waals surface area contributed by atoms with Crippen molar-refractivity contribution in [3.05, 3.63) is 82.5 Å². The van der Waals surface area contributed by atoms with Gasteiger partial charge in [-0.3, -0.25) is 9.78 Å². The fourth-order valence-corrected chi connectivity index (χ4v) is 2.92. The molecule has 24 heavy (non-hydrogen) atoms. The second-order valence-electron chi connectivity index (χ2n) is 5.54. The molecule has 1 heterocycles. The third-order valence-electron chi connectivity index (χ3n) is 3.81. The molecule has 0 fully saturated rings. The van der Waals surface area contributed by atoms with Crippen molar-refractivity contribution in [3.63, 3.8) is 0 Å². The van der Waals surface area contributed by atoms with Crippen molar-refractivity contribution in [2.45, 2.75) is 6.54 Å². The van der Waals surface area contributed by atoms with Crippen molar-refractivity contribution in [1.82, 2.24) is 9.88 Å². The summed E-state index contributed by atoms with van der Waals surface area (Å²) in [6.07, 6.45) is 5.19. The van der Waals surface area contributed by atoms with E-state index in [1.807, 2.05) is 60.7 Å². The molecule has 0 aliphatic heterocycles. The molecule has 0 N–H and O–H groups in total. The first kappa shape index (κ1) is 16.4. The number of fused-ring (bicyclic) bond motifs is 1. The summed E-state index contributed by atoms with van der Waals surface area (Å²) in [6, 6.07) is 17.8. The van der Waals surface area contributed by atoms with Crippen LogP contribution in [0.5, 0.6) is 0 Å². The molecule has 1 amide bonds. The van der Waals surface area contributed by atoms with Crippen LogP contribution in [0, 0.1) is 0 Å². The molecule has 0 unspecified atom stereocenters. The number of amides is 1. The highest BCUT2D eigenvalue weighted by atomic mass is 79.9. The third kappa shape index (κ3) is 3.71. The van der Waals surface area contributed by atoms with Crippen LogP contribution in [-0.4, -0.2) is 22.8 Å². The number of carbonyl (C=O) groups is 1. The Morgan fingerprint density at radius 3 is 2.75 bits per heavy atom. The number of para-hydroxylation sites is 1. The molecule has 1 aromatic heterocycles. The molecule has 0 radical (unpaired) electrons. The average molecular weight is 381 g/mol. The Morgan fingerprint density at radius 2 is 1.92 bits per heavy atom. The summed E-state index contributed by atoms with van der Waals surface area (Å²) < 4.78 is 1.01. The molecule has 4 heteroatoms. The van der Waals surface area contributed by atoms with E-state index < -0.39 is 0 Å². The van der Waals surface area contributed by atoms with Gasteiger partial charge in [-0.2, -0.15) is 0 Å². The molecule has 0 atom stereocenters. The third-order valence-corrected chi connectivity index (χ3v) is 4.58. The standard InChI is InChI=1S/C20H17BrN2O/c1-23(14-17-6-2-3-10-18(17)21)19(24)12-11-16-8-4-7-15-9-5-13-22-20(15)16/h2-13H,14H2,1H3/b12-11+. The number of hydrogen-bond acceptors (Lipinski definition) is 2. The molecular formula is C20H17BrN2O. The van der Waals surface area contributed by atoms with Gasteiger partial charge >= 0.3 is 0 Å². The van der Waals surface area contributed by atoms with E-state index in [1.165, 1.54) is 0 Å². The van der Waals surface area contributed by atoms with Gasteiger partial charge in [-0.15, -0.1) is 0 Å². The Hall–Kier alpha value is -2.46. The summed E-state index contributed by atoms with van der Waals surface area (Å²) in [4.78, 5) is 18.5. The van der Waals surface area contributed by atoms with E-state index in [2.05, 4.69) is 20.9 Å². The predicted molar refractivity (Wildman–Crippen MR) is 101 cm³/mol. The Kier molecular flexibility index (Phi) is 5.06. The topological polar surface area (TPSA) is 33.2 Å². The van der Waals surface area contributed by atoms with Crippen molar-refractivity contribution < 1.29 is 4.79 Å². The minimum absolute atomic E-state index is 0.0429. The smallest absolute Gasteiger partial charge is 0.246 e. The first-order valence-corrected chi connectivity index (χ1v) is 8.45. The van der Waals surface area contributed by atoms with Crippen LogP contribution in [0.15, 0.2) is 71.3 Å². The van der Waals surface area contributed by atoms with Crippen LogP contribution in [0.3, 0.4) is 0 Å². The minimum atomic E-state index is -0.0429. The highest BCUT2D eigenvalue weighted by molar-refractivity contribution is 9.10. The molecule has 0 aliphatic carbocycles. The number of rotatable bonds is 4. The molecule has 0 spiro atoms. The summed E-state index contributed by atoms with van der Waals surface area (Å²) >= 11 is 3.51. The lowest BCUT2D eigenvalue weighted by Gasteiger charge is -2.16. The number of pyridine rings is 1. The van der Waals surface area contributed by atoms with Crippen molar-refractivity contribution in [2.75, 3.05) is 7.05 Å². The number of likely N-dealkylation sites (N-methyl/N-ethyl adjacent to an activating group) is 1. The van der Waals surface area contributed by atoms with E-state index in [0.29, 0.717) is 6.54 Å². The van der Waals surface area contributed by atoms with Crippen LogP contribution in [0.1, 0.15) is 11.1 Å². The van der Waals surface area contributed by atoms with Gasteiger partial charge in [0.1, 0.15) is 0 Å². The lowest BCUT2D eigenvalue weighted by molar-refractivity contribution is -0.125. The maximum Gasteiger partial charge on any atom is 0.246 e. The molecule has 0 saturated heterocycles. The first-order chi connectivity index (χ1) is 11.6. The molecule has 3 nitrogen and oxygen atoms in total. The van der Waals surface area contributed by atoms with Crippen LogP contribution in [0.25, 0.3) is 17.0 Å². The Morgan fingerprint density at radius 1 is 1.12 bits per heavy atom. The zero-order valence-corrected chi connectivity index (χ0v) is 14.9. The van der Waals surface area contributed by atoms with Crippen molar-refractivity contribution in [1.29, 1.82) is 0 Å². The Labute approximate surface area is 149 Å². The van der Waals surface area contributed by atoms with Gasteiger partial charge in [0.2, 0.25) is 5.91 Å². The minimum Gasteiger partial charge on any atom is -0.338 e. The molecule has 2 aromatic carbocycles. The van der Waals surface area contributed by atoms with Crippen LogP contribution in [0.2, 0.25) is 0 Å². The van der Waals surface area contributed by atoms with E-state index in [9.17, 15) is 4.79 Å². The van der Waals surface area contributed by atoms with Crippen LogP contribution in [-0.2, 0) is 11.3 Å². The van der Waals surface area contributed by atoms with E-state index in [4.69, 9.17) is 0 Å². The van der Waals surface area contributed by atoms with E-state index in [0.717, 1.165) is 26.5 Å². The van der Waals surface area contributed by atoms with Gasteiger partial charge in [0.25, 0.3) is 0 Å². The zero-order chi connectivity index (χ0) is 16.9. The van der Waals surface area contributed by atoms with Gasteiger partial charge in [0.15, 0.2) is 0 Å². The van der Waals surface area contributed by atoms with Crippen LogP contribution >= 0.6 is 15.9 Å². The normalized spacial score (nSPS) is 11.1. The number of benzene rings is 2. The maximum absolute atomic E-state index is 12.4. The monoisotopic (exact) mass is 380 g/mol. The van der Waals surface area contributed by atoms with Crippen molar-refractivity contribution >= 4 is 38.8 Å². The summed E-state index contributed by atoms with van der Waals surface area (Å²) in [5.74, 6) is -0.0429. The zero-order valence-electron chi connectivity index (χ0n) is 13.3. The summed E-state index contributed by atoms with van der Waals surface area (Å²) in [5, 5.41) is 1.06. The number of carbonyl (C=O) groups excluding carboxylic acids is 1. The molecule has 0 aliphatic rings. The van der Waals surface area contributed by atoms with Gasteiger partial charge in [0, 0.05) is 41.3 Å². The van der Waals surface area contributed by atoms with E-state index in [-0.39, 0.29) is 5.91 Å². The molecule has 0 saturated carbocycles. The molecule has 3 aromatic rings. The van der Waals surface area contributed by atoms with Gasteiger partial charge in [0.05, 0.1) is 5.52 Å². The van der Waals surface area contributed by atoms with Crippen LogP contribution in [0.4, 0.5) is 0 Å². The molecule has 120 valence electrons. The van der Waals surface area contributed by atoms with Gasteiger partial charge < -0.3 is 4.90 Å². The summed E-state index contributed by atoms with van der Waals surface area (Å²) in [5.41, 5.74) is 2.92. The van der Waals surface area contributed by atoms with E-state index in [1.54, 1.807) is 24.2 Å². The number of halogens is 1. The van der Waals surface area contributed by atoms with Crippen LogP contribution < -0.4 is 0 Å². The highest BCUT2D eigenvalue weighted by Gasteiger charge is 2.08. The van der Waals surface area contributed by atoms with Crippen molar-refractivity contribution in [3.8, 4) is 0 Å². The van der Waals surface area contributed by atoms with E-state index >= 15 is 0 Å². The lowest BCUT2D eigenvalue weighted by Crippen LogP contribution is -2.24. The molecule has 3 rings (SSSR count). The summed E-state index contributed by atoms with van der Waals surface area (Å²) in [7, 11) is 1.80. The Bertz CT molecular complexity index is 900. The predicted octanol–water partition coefficient (Wildman–Crippen LogP) is 4.67. The maximum atomic E-state index is 12.4. The number of nitrogens with zero attached hydrogens (tertiary/aromatic N) is 2. The van der Waals surface area contributed by atoms with Gasteiger partial charge in [-0.05, 0) is 23.8 Å². The molecular weight excluding hydrogens is 364 g/mol. The first-order valence-electron chi connectivity index (χ1n) is 7.65. The van der Waals surface area contributed by atoms with Gasteiger partial charge in [-0.25, -0.2) is 0 Å². The quantitative estimate of drug-likeness (QED) is 0.616. The lowest BCUT2D eigenvalue weighted by atomic mass is 10.1. The Balaban J connectivity index is 1.76. The largest absolute Gasteiger partial charge is 0.338 e. The van der Waals surface area contributed by atoms with Gasteiger partial charge in [-0.1, -0.05) is 58.4 Å². The fourth-order valence-electron chi connectivity index (χ4n) is 2.51. The van der Waals surface area contributed by atoms with Crippen molar-refractivity contribution in [2.24, 2.45) is 0 Å². The fraction of sp³-hybridized carbons (Fsp3) is 0.100. The molecule has 0 bridgehead atoms. The number of hydrogen-bond donors (Lipinski definition) is 0.